The molecule has 0 spiro atoms. The largest absolute Gasteiger partial charge is 0.496 e. The zero-order valence-corrected chi connectivity index (χ0v) is 11.4. The van der Waals surface area contributed by atoms with E-state index in [0.29, 0.717) is 12.5 Å². The van der Waals surface area contributed by atoms with Gasteiger partial charge in [0.15, 0.2) is 0 Å². The molecule has 1 unspecified atom stereocenters. The number of nitrogens with two attached hydrogens (primary N) is 1. The van der Waals surface area contributed by atoms with Crippen LogP contribution in [0.1, 0.15) is 30.9 Å². The van der Waals surface area contributed by atoms with Gasteiger partial charge >= 0.3 is 0 Å². The van der Waals surface area contributed by atoms with Crippen LogP contribution < -0.4 is 10.5 Å². The summed E-state index contributed by atoms with van der Waals surface area (Å²) >= 11 is 1.78. The van der Waals surface area contributed by atoms with Crippen molar-refractivity contribution in [3.63, 3.8) is 0 Å². The third-order valence-electron chi connectivity index (χ3n) is 2.90. The number of hydrogen-bond acceptors (Lipinski definition) is 3. The molecular formula is C13H21NOS. The topological polar surface area (TPSA) is 35.2 Å². The molecule has 0 heterocycles. The smallest absolute Gasteiger partial charge is 0.122 e. The summed E-state index contributed by atoms with van der Waals surface area (Å²) in [6.45, 7) is 4.95. The maximum Gasteiger partial charge on any atom is 0.122 e. The molecule has 1 atom stereocenters. The lowest BCUT2D eigenvalue weighted by Crippen LogP contribution is -2.10. The lowest BCUT2D eigenvalue weighted by Gasteiger charge is -2.17. The second-order valence-electron chi connectivity index (χ2n) is 3.90. The molecule has 1 aromatic carbocycles. The van der Waals surface area contributed by atoms with Crippen molar-refractivity contribution < 1.29 is 4.74 Å². The molecule has 90 valence electrons. The van der Waals surface area contributed by atoms with Gasteiger partial charge in [-0.25, -0.2) is 0 Å². The van der Waals surface area contributed by atoms with Gasteiger partial charge in [0.2, 0.25) is 0 Å². The van der Waals surface area contributed by atoms with Crippen LogP contribution in [-0.2, 0) is 6.42 Å². The fourth-order valence-corrected chi connectivity index (χ4v) is 2.48. The van der Waals surface area contributed by atoms with Crippen molar-refractivity contribution in [1.29, 1.82) is 0 Å². The van der Waals surface area contributed by atoms with E-state index in [0.717, 1.165) is 12.2 Å². The number of rotatable bonds is 5. The van der Waals surface area contributed by atoms with E-state index in [-0.39, 0.29) is 0 Å². The molecule has 0 fully saturated rings. The predicted octanol–water partition coefficient (Wildman–Crippen LogP) is 3.04. The van der Waals surface area contributed by atoms with Gasteiger partial charge in [-0.1, -0.05) is 13.8 Å². The van der Waals surface area contributed by atoms with Crippen molar-refractivity contribution in [2.75, 3.05) is 19.9 Å². The molecule has 2 N–H and O–H groups in total. The van der Waals surface area contributed by atoms with Crippen molar-refractivity contribution in [2.24, 2.45) is 5.73 Å². The fourth-order valence-electron chi connectivity index (χ4n) is 1.77. The first-order valence-corrected chi connectivity index (χ1v) is 6.85. The van der Waals surface area contributed by atoms with E-state index in [4.69, 9.17) is 10.5 Å². The summed E-state index contributed by atoms with van der Waals surface area (Å²) in [7, 11) is 1.72. The van der Waals surface area contributed by atoms with Crippen LogP contribution >= 0.6 is 11.8 Å². The van der Waals surface area contributed by atoms with Crippen LogP contribution in [0.15, 0.2) is 17.0 Å². The van der Waals surface area contributed by atoms with Crippen molar-refractivity contribution in [1.82, 2.24) is 0 Å². The Morgan fingerprint density at radius 2 is 2.12 bits per heavy atom. The lowest BCUT2D eigenvalue weighted by molar-refractivity contribution is 0.405. The van der Waals surface area contributed by atoms with Gasteiger partial charge in [-0.3, -0.25) is 0 Å². The fraction of sp³-hybridized carbons (Fsp3) is 0.538. The molecule has 3 heteroatoms. The van der Waals surface area contributed by atoms with E-state index in [1.165, 1.54) is 16.0 Å². The van der Waals surface area contributed by atoms with Gasteiger partial charge in [-0.15, -0.1) is 11.8 Å². The molecule has 0 saturated heterocycles. The molecule has 16 heavy (non-hydrogen) atoms. The minimum Gasteiger partial charge on any atom is -0.496 e. The van der Waals surface area contributed by atoms with Gasteiger partial charge in [0.05, 0.1) is 7.11 Å². The van der Waals surface area contributed by atoms with Crippen LogP contribution in [0, 0.1) is 0 Å². The molecule has 1 rings (SSSR count). The molecule has 0 radical (unpaired) electrons. The Bertz CT molecular complexity index is 352. The van der Waals surface area contributed by atoms with Crippen LogP contribution in [0.4, 0.5) is 0 Å². The molecule has 0 saturated carbocycles. The highest BCUT2D eigenvalue weighted by Crippen LogP contribution is 2.33. The maximum atomic E-state index is 5.73. The van der Waals surface area contributed by atoms with Gasteiger partial charge < -0.3 is 10.5 Å². The molecule has 0 aliphatic rings. The van der Waals surface area contributed by atoms with E-state index in [1.807, 2.05) is 0 Å². The Kier molecular flexibility index (Phi) is 5.16. The molecule has 0 aliphatic heterocycles. The second kappa shape index (κ2) is 6.16. The van der Waals surface area contributed by atoms with Crippen LogP contribution in [0.25, 0.3) is 0 Å². The summed E-state index contributed by atoms with van der Waals surface area (Å²) in [6.07, 6.45) is 3.14. The van der Waals surface area contributed by atoms with Crippen molar-refractivity contribution in [3.05, 3.63) is 23.3 Å². The number of thioether (sulfide) groups is 1. The highest BCUT2D eigenvalue weighted by molar-refractivity contribution is 7.98. The number of methoxy groups -OCH3 is 1. The van der Waals surface area contributed by atoms with Gasteiger partial charge in [-0.05, 0) is 48.4 Å². The first-order chi connectivity index (χ1) is 7.67. The number of hydrogen-bond donors (Lipinski definition) is 1. The van der Waals surface area contributed by atoms with E-state index in [2.05, 4.69) is 32.2 Å². The van der Waals surface area contributed by atoms with Crippen molar-refractivity contribution in [3.8, 4) is 5.75 Å². The highest BCUT2D eigenvalue weighted by atomic mass is 32.2. The van der Waals surface area contributed by atoms with Crippen LogP contribution in [0.5, 0.6) is 5.75 Å². The first kappa shape index (κ1) is 13.4. The van der Waals surface area contributed by atoms with Gasteiger partial charge in [0.25, 0.3) is 0 Å². The monoisotopic (exact) mass is 239 g/mol. The Balaban J connectivity index is 3.25. The average Bonchev–Trinajstić information content (AvgIpc) is 2.35. The maximum absolute atomic E-state index is 5.73. The van der Waals surface area contributed by atoms with Crippen LogP contribution in [0.2, 0.25) is 0 Å². The number of aryl methyl sites for hydroxylation is 1. The molecule has 0 amide bonds. The van der Waals surface area contributed by atoms with Crippen LogP contribution in [-0.4, -0.2) is 19.9 Å². The summed E-state index contributed by atoms with van der Waals surface area (Å²) in [5, 5.41) is 0. The zero-order chi connectivity index (χ0) is 12.1. The summed E-state index contributed by atoms with van der Waals surface area (Å²) < 4.78 is 5.45. The molecular weight excluding hydrogens is 218 g/mol. The zero-order valence-electron chi connectivity index (χ0n) is 10.5. The van der Waals surface area contributed by atoms with E-state index in [9.17, 15) is 0 Å². The normalized spacial score (nSPS) is 12.6. The third kappa shape index (κ3) is 2.71. The second-order valence-corrected chi connectivity index (χ2v) is 4.74. The number of ether oxygens (including phenoxy) is 1. The Labute approximate surface area is 103 Å². The highest BCUT2D eigenvalue weighted by Gasteiger charge is 2.13. The van der Waals surface area contributed by atoms with Crippen molar-refractivity contribution in [2.45, 2.75) is 31.1 Å². The predicted molar refractivity (Wildman–Crippen MR) is 71.6 cm³/mol. The molecule has 0 bridgehead atoms. The summed E-state index contributed by atoms with van der Waals surface area (Å²) in [4.78, 5) is 1.33. The Morgan fingerprint density at radius 3 is 2.56 bits per heavy atom. The van der Waals surface area contributed by atoms with Crippen LogP contribution in [0.3, 0.4) is 0 Å². The average molecular weight is 239 g/mol. The van der Waals surface area contributed by atoms with Gasteiger partial charge in [0, 0.05) is 4.90 Å². The third-order valence-corrected chi connectivity index (χ3v) is 3.72. The minimum absolute atomic E-state index is 0.340. The number of benzene rings is 1. The van der Waals surface area contributed by atoms with E-state index in [1.54, 1.807) is 18.9 Å². The molecule has 1 aromatic rings. The quantitative estimate of drug-likeness (QED) is 0.802. The van der Waals surface area contributed by atoms with Crippen molar-refractivity contribution >= 4 is 11.8 Å². The SMILES string of the molecule is CCc1cc(OC)c(C(C)CN)cc1SC. The standard InChI is InChI=1S/C13H21NOS/c1-5-10-6-12(15-3)11(9(2)8-14)7-13(10)16-4/h6-7,9H,5,8,14H2,1-4H3. The Hall–Kier alpha value is -0.670. The summed E-state index contributed by atoms with van der Waals surface area (Å²) in [5.41, 5.74) is 8.29. The summed E-state index contributed by atoms with van der Waals surface area (Å²) in [6, 6.07) is 4.37. The van der Waals surface area contributed by atoms with Gasteiger partial charge in [-0.2, -0.15) is 0 Å². The lowest BCUT2D eigenvalue weighted by atomic mass is 9.98. The van der Waals surface area contributed by atoms with Gasteiger partial charge in [0.1, 0.15) is 5.75 Å². The Morgan fingerprint density at radius 1 is 1.44 bits per heavy atom. The molecule has 0 aliphatic carbocycles. The van der Waals surface area contributed by atoms with E-state index < -0.39 is 0 Å². The molecule has 0 aromatic heterocycles. The first-order valence-electron chi connectivity index (χ1n) is 5.62. The minimum atomic E-state index is 0.340. The molecule has 2 nitrogen and oxygen atoms in total. The summed E-state index contributed by atoms with van der Waals surface area (Å²) in [5.74, 6) is 1.30. The van der Waals surface area contributed by atoms with E-state index >= 15 is 0 Å².